The molecule has 0 radical (unpaired) electrons. The molecule has 1 aromatic carbocycles. The fourth-order valence-electron chi connectivity index (χ4n) is 3.64. The summed E-state index contributed by atoms with van der Waals surface area (Å²) in [5, 5.41) is 18.0. The van der Waals surface area contributed by atoms with Gasteiger partial charge in [-0.1, -0.05) is 25.1 Å². The van der Waals surface area contributed by atoms with Crippen molar-refractivity contribution in [2.24, 2.45) is 11.8 Å². The number of amides is 1. The Kier molecular flexibility index (Phi) is 6.39. The molecule has 1 atom stereocenters. The largest absolute Gasteiger partial charge is 0.393 e. The molecule has 1 saturated heterocycles. The Morgan fingerprint density at radius 2 is 1.89 bits per heavy atom. The summed E-state index contributed by atoms with van der Waals surface area (Å²) in [6, 6.07) is 3.66. The molecule has 0 spiro atoms. The van der Waals surface area contributed by atoms with E-state index in [-0.39, 0.29) is 35.7 Å². The number of carbonyl (C=O) groups is 1. The summed E-state index contributed by atoms with van der Waals surface area (Å²) in [4.78, 5) is 14.3. The topological polar surface area (TPSA) is 71.2 Å². The number of hydrogen-bond donors (Lipinski definition) is 1. The van der Waals surface area contributed by atoms with Gasteiger partial charge in [-0.25, -0.2) is 13.5 Å². The molecule has 28 heavy (non-hydrogen) atoms. The Balaban J connectivity index is 1.59. The van der Waals surface area contributed by atoms with Gasteiger partial charge in [0.05, 0.1) is 18.8 Å². The van der Waals surface area contributed by atoms with Crippen LogP contribution in [0.3, 0.4) is 0 Å². The standard InChI is InChI=1S/C20H26F2N4O2/c1-13(2)10-19(27)14-6-8-25(9-7-14)20(28)18-12-26(24-23-18)11-15-16(21)4-3-5-17(15)22/h3-5,12-14,19,27H,6-11H2,1-2H3. The molecule has 3 rings (SSSR count). The van der Waals surface area contributed by atoms with Crippen LogP contribution in [0.25, 0.3) is 0 Å². The van der Waals surface area contributed by atoms with Crippen LogP contribution in [0.2, 0.25) is 0 Å². The normalized spacial score (nSPS) is 16.6. The first-order valence-corrected chi connectivity index (χ1v) is 9.65. The molecule has 0 bridgehead atoms. The molecule has 1 N–H and O–H groups in total. The van der Waals surface area contributed by atoms with Gasteiger partial charge in [0, 0.05) is 18.7 Å². The van der Waals surface area contributed by atoms with Crippen molar-refractivity contribution in [3.8, 4) is 0 Å². The number of aromatic nitrogens is 3. The highest BCUT2D eigenvalue weighted by Gasteiger charge is 2.29. The van der Waals surface area contributed by atoms with E-state index in [1.165, 1.54) is 29.1 Å². The summed E-state index contributed by atoms with van der Waals surface area (Å²) >= 11 is 0. The highest BCUT2D eigenvalue weighted by Crippen LogP contribution is 2.25. The van der Waals surface area contributed by atoms with Crippen LogP contribution in [0.4, 0.5) is 8.78 Å². The van der Waals surface area contributed by atoms with Crippen LogP contribution in [0.5, 0.6) is 0 Å². The van der Waals surface area contributed by atoms with Crippen molar-refractivity contribution in [1.82, 2.24) is 19.9 Å². The van der Waals surface area contributed by atoms with Crippen molar-refractivity contribution in [1.29, 1.82) is 0 Å². The van der Waals surface area contributed by atoms with Gasteiger partial charge in [-0.2, -0.15) is 0 Å². The fourth-order valence-corrected chi connectivity index (χ4v) is 3.64. The second-order valence-corrected chi connectivity index (χ2v) is 7.83. The minimum Gasteiger partial charge on any atom is -0.393 e. The number of nitrogens with zero attached hydrogens (tertiary/aromatic N) is 4. The Morgan fingerprint density at radius 3 is 2.50 bits per heavy atom. The molecule has 2 aromatic rings. The van der Waals surface area contributed by atoms with E-state index in [1.807, 2.05) is 0 Å². The maximum Gasteiger partial charge on any atom is 0.276 e. The summed E-state index contributed by atoms with van der Waals surface area (Å²) in [5.74, 6) is -0.942. The minimum absolute atomic E-state index is 0.119. The summed E-state index contributed by atoms with van der Waals surface area (Å²) < 4.78 is 28.8. The first-order valence-electron chi connectivity index (χ1n) is 9.65. The maximum atomic E-state index is 13.8. The van der Waals surface area contributed by atoms with Gasteiger partial charge in [0.2, 0.25) is 0 Å². The SMILES string of the molecule is CC(C)CC(O)C1CCN(C(=O)c2cn(Cc3c(F)cccc3F)nn2)CC1. The van der Waals surface area contributed by atoms with Gasteiger partial charge in [-0.05, 0) is 43.2 Å². The molecule has 0 saturated carbocycles. The molecule has 1 fully saturated rings. The number of piperidine rings is 1. The molecule has 1 aromatic heterocycles. The van der Waals surface area contributed by atoms with Gasteiger partial charge in [0.15, 0.2) is 5.69 Å². The van der Waals surface area contributed by atoms with Crippen LogP contribution >= 0.6 is 0 Å². The van der Waals surface area contributed by atoms with E-state index in [0.717, 1.165) is 19.3 Å². The molecule has 8 heteroatoms. The third-order valence-electron chi connectivity index (χ3n) is 5.22. The van der Waals surface area contributed by atoms with Gasteiger partial charge in [0.1, 0.15) is 11.6 Å². The smallest absolute Gasteiger partial charge is 0.276 e. The van der Waals surface area contributed by atoms with E-state index >= 15 is 0 Å². The van der Waals surface area contributed by atoms with Crippen molar-refractivity contribution in [2.45, 2.75) is 45.8 Å². The summed E-state index contributed by atoms with van der Waals surface area (Å²) in [5.41, 5.74) is 0.0317. The monoisotopic (exact) mass is 392 g/mol. The number of hydrogen-bond acceptors (Lipinski definition) is 4. The number of aliphatic hydroxyl groups is 1. The average molecular weight is 392 g/mol. The van der Waals surface area contributed by atoms with Gasteiger partial charge >= 0.3 is 0 Å². The Labute approximate surface area is 163 Å². The van der Waals surface area contributed by atoms with E-state index in [4.69, 9.17) is 0 Å². The molecular formula is C20H26F2N4O2. The predicted molar refractivity (Wildman–Crippen MR) is 99.6 cm³/mol. The van der Waals surface area contributed by atoms with Crippen LogP contribution < -0.4 is 0 Å². The Hall–Kier alpha value is -2.35. The van der Waals surface area contributed by atoms with Crippen molar-refractivity contribution in [2.75, 3.05) is 13.1 Å². The number of rotatable bonds is 6. The van der Waals surface area contributed by atoms with Crippen molar-refractivity contribution < 1.29 is 18.7 Å². The molecule has 1 amide bonds. The van der Waals surface area contributed by atoms with E-state index < -0.39 is 11.6 Å². The van der Waals surface area contributed by atoms with Gasteiger partial charge in [0.25, 0.3) is 5.91 Å². The fraction of sp³-hybridized carbons (Fsp3) is 0.550. The predicted octanol–water partition coefficient (Wildman–Crippen LogP) is 2.86. The van der Waals surface area contributed by atoms with Gasteiger partial charge in [-0.15, -0.1) is 5.10 Å². The van der Waals surface area contributed by atoms with Crippen LogP contribution in [0, 0.1) is 23.5 Å². The third kappa shape index (κ3) is 4.73. The molecule has 0 aliphatic carbocycles. The zero-order valence-electron chi connectivity index (χ0n) is 16.2. The zero-order chi connectivity index (χ0) is 20.3. The molecule has 2 heterocycles. The number of aliphatic hydroxyl groups excluding tert-OH is 1. The molecule has 1 unspecified atom stereocenters. The lowest BCUT2D eigenvalue weighted by atomic mass is 9.87. The quantitative estimate of drug-likeness (QED) is 0.821. The van der Waals surface area contributed by atoms with Crippen molar-refractivity contribution in [3.63, 3.8) is 0 Å². The van der Waals surface area contributed by atoms with Gasteiger partial charge < -0.3 is 10.0 Å². The molecular weight excluding hydrogens is 366 g/mol. The lowest BCUT2D eigenvalue weighted by molar-refractivity contribution is 0.0382. The first kappa shape index (κ1) is 20.4. The highest BCUT2D eigenvalue weighted by molar-refractivity contribution is 5.92. The molecule has 6 nitrogen and oxygen atoms in total. The molecule has 1 aliphatic heterocycles. The van der Waals surface area contributed by atoms with Crippen molar-refractivity contribution in [3.05, 3.63) is 47.3 Å². The highest BCUT2D eigenvalue weighted by atomic mass is 19.1. The van der Waals surface area contributed by atoms with Crippen molar-refractivity contribution >= 4 is 5.91 Å². The number of likely N-dealkylation sites (tertiary alicyclic amines) is 1. The number of halogens is 2. The Bertz CT molecular complexity index is 796. The van der Waals surface area contributed by atoms with E-state index in [0.29, 0.717) is 19.0 Å². The van der Waals surface area contributed by atoms with E-state index in [1.54, 1.807) is 4.90 Å². The maximum absolute atomic E-state index is 13.8. The lowest BCUT2D eigenvalue weighted by Crippen LogP contribution is -2.41. The van der Waals surface area contributed by atoms with Crippen LogP contribution in [0.15, 0.2) is 24.4 Å². The second-order valence-electron chi connectivity index (χ2n) is 7.83. The summed E-state index contributed by atoms with van der Waals surface area (Å²) in [6.45, 7) is 5.12. The summed E-state index contributed by atoms with van der Waals surface area (Å²) in [7, 11) is 0. The second kappa shape index (κ2) is 8.77. The third-order valence-corrected chi connectivity index (χ3v) is 5.22. The minimum atomic E-state index is -0.662. The van der Waals surface area contributed by atoms with Gasteiger partial charge in [-0.3, -0.25) is 4.79 Å². The molecule has 1 aliphatic rings. The molecule has 152 valence electrons. The average Bonchev–Trinajstić information content (AvgIpc) is 3.12. The first-order chi connectivity index (χ1) is 13.3. The van der Waals surface area contributed by atoms with E-state index in [2.05, 4.69) is 24.2 Å². The van der Waals surface area contributed by atoms with E-state index in [9.17, 15) is 18.7 Å². The number of benzene rings is 1. The lowest BCUT2D eigenvalue weighted by Gasteiger charge is -2.34. The van der Waals surface area contributed by atoms with Crippen LogP contribution in [-0.2, 0) is 6.54 Å². The number of carbonyl (C=O) groups excluding carboxylic acids is 1. The van der Waals surface area contributed by atoms with Crippen LogP contribution in [0.1, 0.15) is 49.2 Å². The zero-order valence-corrected chi connectivity index (χ0v) is 16.2. The Morgan fingerprint density at radius 1 is 1.25 bits per heavy atom. The van der Waals surface area contributed by atoms with Crippen LogP contribution in [-0.4, -0.2) is 50.1 Å². The summed E-state index contributed by atoms with van der Waals surface area (Å²) in [6.07, 6.45) is 3.32.